The third-order valence-corrected chi connectivity index (χ3v) is 15.3. The van der Waals surface area contributed by atoms with Crippen LogP contribution in [-0.4, -0.2) is 118 Å². The number of aromatic nitrogens is 4. The van der Waals surface area contributed by atoms with Crippen LogP contribution in [-0.2, 0) is 31.4 Å². The van der Waals surface area contributed by atoms with Gasteiger partial charge in [-0.05, 0) is 124 Å². The highest BCUT2D eigenvalue weighted by Crippen LogP contribution is 2.39. The summed E-state index contributed by atoms with van der Waals surface area (Å²) in [5.41, 5.74) is -0.723. The standard InChI is InChI=1S/2C26H31F3N4O2/c2*27-26(28,29)19-6-9-23-22(12-19)25(32-16-31-23)30-13-21(34)11-17-14-33(15-17)20-7-4-18(5-8-20)24-3-1-2-10-35-24/h2*1-2,6,9,12,16-18,20,24H,3-5,7-8,10-11,13-15H2,(H,30,31,32). The number of alkyl halides is 6. The Hall–Kier alpha value is -5.04. The van der Waals surface area contributed by atoms with Gasteiger partial charge in [-0.3, -0.25) is 19.4 Å². The van der Waals surface area contributed by atoms with Crippen LogP contribution in [0.4, 0.5) is 38.0 Å². The van der Waals surface area contributed by atoms with Crippen molar-refractivity contribution >= 4 is 45.0 Å². The van der Waals surface area contributed by atoms with E-state index in [0.717, 1.165) is 76.5 Å². The van der Waals surface area contributed by atoms with Crippen LogP contribution < -0.4 is 10.6 Å². The number of nitrogens with one attached hydrogen (secondary N) is 2. The summed E-state index contributed by atoms with van der Waals surface area (Å²) in [6, 6.07) is 7.90. The van der Waals surface area contributed by atoms with Gasteiger partial charge in [0.05, 0.1) is 60.7 Å². The number of fused-ring (bicyclic) bond motifs is 2. The molecule has 2 saturated heterocycles. The van der Waals surface area contributed by atoms with Gasteiger partial charge in [-0.1, -0.05) is 24.3 Å². The number of benzene rings is 2. The van der Waals surface area contributed by atoms with Crippen LogP contribution >= 0.6 is 0 Å². The Morgan fingerprint density at radius 3 is 1.31 bits per heavy atom. The van der Waals surface area contributed by atoms with Gasteiger partial charge in [0.1, 0.15) is 24.3 Å². The summed E-state index contributed by atoms with van der Waals surface area (Å²) in [5, 5.41) is 6.38. The Kier molecular flexibility index (Phi) is 15.8. The van der Waals surface area contributed by atoms with E-state index in [2.05, 4.69) is 64.7 Å². The largest absolute Gasteiger partial charge is 0.416 e. The molecule has 2 aromatic heterocycles. The summed E-state index contributed by atoms with van der Waals surface area (Å²) in [6.45, 7) is 5.32. The van der Waals surface area contributed by atoms with Crippen molar-refractivity contribution in [1.82, 2.24) is 29.7 Å². The second-order valence-electron chi connectivity index (χ2n) is 20.0. The molecule has 4 aliphatic heterocycles. The lowest BCUT2D eigenvalue weighted by Crippen LogP contribution is -2.54. The third kappa shape index (κ3) is 12.5. The summed E-state index contributed by atoms with van der Waals surface area (Å²) in [7, 11) is 0. The molecule has 0 amide bonds. The number of hydrogen-bond acceptors (Lipinski definition) is 12. The summed E-state index contributed by atoms with van der Waals surface area (Å²) in [4.78, 5) is 46.3. The number of anilines is 2. The Morgan fingerprint density at radius 1 is 0.557 bits per heavy atom. The minimum absolute atomic E-state index is 0.0413. The molecule has 2 saturated carbocycles. The van der Waals surface area contributed by atoms with Crippen molar-refractivity contribution in [3.05, 3.63) is 84.5 Å². The zero-order valence-electron chi connectivity index (χ0n) is 39.3. The maximum atomic E-state index is 13.1. The predicted octanol–water partition coefficient (Wildman–Crippen LogP) is 9.71. The van der Waals surface area contributed by atoms with Gasteiger partial charge >= 0.3 is 12.4 Å². The minimum Gasteiger partial charge on any atom is -0.374 e. The summed E-state index contributed by atoms with van der Waals surface area (Å²) in [5.74, 6) is 2.58. The van der Waals surface area contributed by atoms with Crippen LogP contribution in [0.25, 0.3) is 21.8 Å². The third-order valence-electron chi connectivity index (χ3n) is 15.3. The Labute approximate surface area is 404 Å². The molecule has 0 radical (unpaired) electrons. The first kappa shape index (κ1) is 49.9. The average Bonchev–Trinajstić information content (AvgIpc) is 3.34. The van der Waals surface area contributed by atoms with Gasteiger partial charge in [0.2, 0.25) is 0 Å². The van der Waals surface area contributed by atoms with E-state index in [4.69, 9.17) is 9.47 Å². The molecule has 2 aliphatic carbocycles. The number of rotatable bonds is 14. The molecule has 0 bridgehead atoms. The van der Waals surface area contributed by atoms with Crippen LogP contribution in [0, 0.1) is 23.7 Å². The number of carbonyl (C=O) groups excluding carboxylic acids is 2. The lowest BCUT2D eigenvalue weighted by Gasteiger charge is -2.47. The fourth-order valence-electron chi connectivity index (χ4n) is 11.4. The SMILES string of the molecule is O=C(CNc1ncnc2ccc(C(F)(F)F)cc12)CC1CN(C2CCC(C3CC=CCO3)CC2)C1.O=C(CNc1ncnc2ccc(C(F)(F)F)cc12)CC1CN(C2CCC(C3CC=CCO3)CC2)C1. The van der Waals surface area contributed by atoms with Crippen LogP contribution in [0.2, 0.25) is 0 Å². The topological polar surface area (TPSA) is 135 Å². The lowest BCUT2D eigenvalue weighted by molar-refractivity contribution is -0.138. The molecule has 4 fully saturated rings. The van der Waals surface area contributed by atoms with Crippen molar-refractivity contribution < 1.29 is 45.4 Å². The number of halogens is 6. The first-order chi connectivity index (χ1) is 33.7. The van der Waals surface area contributed by atoms with Crippen molar-refractivity contribution in [2.24, 2.45) is 23.7 Å². The van der Waals surface area contributed by atoms with Crippen molar-refractivity contribution in [2.75, 3.05) is 63.1 Å². The molecule has 2 unspecified atom stereocenters. The quantitative estimate of drug-likeness (QED) is 0.0921. The fourth-order valence-corrected chi connectivity index (χ4v) is 11.4. The zero-order valence-corrected chi connectivity index (χ0v) is 39.3. The molecule has 2 N–H and O–H groups in total. The van der Waals surface area contributed by atoms with Gasteiger partial charge < -0.3 is 20.1 Å². The van der Waals surface area contributed by atoms with Crippen LogP contribution in [0.3, 0.4) is 0 Å². The first-order valence-electron chi connectivity index (χ1n) is 24.9. The Morgan fingerprint density at radius 2 is 0.957 bits per heavy atom. The fraction of sp³-hybridized carbons (Fsp3) is 0.577. The number of ether oxygens (including phenoxy) is 2. The number of carbonyl (C=O) groups is 2. The van der Waals surface area contributed by atoms with Crippen molar-refractivity contribution in [3.63, 3.8) is 0 Å². The first-order valence-corrected chi connectivity index (χ1v) is 24.9. The molecule has 0 spiro atoms. The highest BCUT2D eigenvalue weighted by atomic mass is 19.4. The van der Waals surface area contributed by atoms with Crippen molar-refractivity contribution in [1.29, 1.82) is 0 Å². The van der Waals surface area contributed by atoms with Crippen molar-refractivity contribution in [3.8, 4) is 0 Å². The number of hydrogen-bond donors (Lipinski definition) is 2. The molecule has 2 atom stereocenters. The van der Waals surface area contributed by atoms with E-state index in [-0.39, 0.29) is 47.1 Å². The Bertz CT molecular complexity index is 2320. The van der Waals surface area contributed by atoms with Crippen LogP contribution in [0.15, 0.2) is 73.4 Å². The normalized spacial score (nSPS) is 26.0. The molecule has 4 aromatic rings. The molecule has 12 nitrogen and oxygen atoms in total. The van der Waals surface area contributed by atoms with E-state index in [9.17, 15) is 35.9 Å². The summed E-state index contributed by atoms with van der Waals surface area (Å²) >= 11 is 0. The maximum absolute atomic E-state index is 13.1. The number of ketones is 2. The smallest absolute Gasteiger partial charge is 0.374 e. The molecule has 2 aromatic carbocycles. The lowest BCUT2D eigenvalue weighted by atomic mass is 9.79. The highest BCUT2D eigenvalue weighted by Gasteiger charge is 2.39. The summed E-state index contributed by atoms with van der Waals surface area (Å²) < 4.78 is 90.4. The van der Waals surface area contributed by atoms with E-state index >= 15 is 0 Å². The monoisotopic (exact) mass is 976 g/mol. The van der Waals surface area contributed by atoms with E-state index in [1.807, 2.05) is 0 Å². The number of likely N-dealkylation sites (tertiary alicyclic amines) is 2. The van der Waals surface area contributed by atoms with Crippen LogP contribution in [0.5, 0.6) is 0 Å². The number of nitrogens with zero attached hydrogens (tertiary/aromatic N) is 6. The molecule has 6 heterocycles. The van der Waals surface area contributed by atoms with Crippen LogP contribution in [0.1, 0.15) is 88.2 Å². The molecule has 70 heavy (non-hydrogen) atoms. The van der Waals surface area contributed by atoms with Gasteiger partial charge in [-0.2, -0.15) is 26.3 Å². The molecule has 376 valence electrons. The maximum Gasteiger partial charge on any atom is 0.416 e. The molecule has 18 heteroatoms. The summed E-state index contributed by atoms with van der Waals surface area (Å²) in [6.07, 6.45) is 15.7. The minimum atomic E-state index is -4.45. The van der Waals surface area contributed by atoms with E-state index in [0.29, 0.717) is 71.8 Å². The number of Topliss-reactive ketones (excluding diaryl/α,β-unsaturated/α-hetero) is 2. The van der Waals surface area contributed by atoms with Gasteiger partial charge in [0, 0.05) is 61.9 Å². The van der Waals surface area contributed by atoms with Gasteiger partial charge in [0.25, 0.3) is 0 Å². The zero-order chi connectivity index (χ0) is 48.8. The molecule has 10 rings (SSSR count). The Balaban J connectivity index is 0.000000174. The van der Waals surface area contributed by atoms with E-state index in [1.165, 1.54) is 76.2 Å². The predicted molar refractivity (Wildman–Crippen MR) is 254 cm³/mol. The van der Waals surface area contributed by atoms with E-state index < -0.39 is 23.5 Å². The van der Waals surface area contributed by atoms with Gasteiger partial charge in [-0.25, -0.2) is 19.9 Å². The van der Waals surface area contributed by atoms with Crippen molar-refractivity contribution in [2.45, 2.75) is 114 Å². The second kappa shape index (κ2) is 22.2. The van der Waals surface area contributed by atoms with Gasteiger partial charge in [-0.15, -0.1) is 0 Å². The highest BCUT2D eigenvalue weighted by molar-refractivity contribution is 5.93. The van der Waals surface area contributed by atoms with Gasteiger partial charge in [0.15, 0.2) is 11.6 Å². The average molecular weight is 977 g/mol. The molecular formula is C52H62F6N8O4. The molecular weight excluding hydrogens is 915 g/mol. The second-order valence-corrected chi connectivity index (χ2v) is 20.0. The molecule has 6 aliphatic rings. The van der Waals surface area contributed by atoms with E-state index in [1.54, 1.807) is 0 Å².